The molecule has 0 bridgehead atoms. The third-order valence-corrected chi connectivity index (χ3v) is 4.12. The number of fused-ring (bicyclic) bond motifs is 1. The molecule has 2 heterocycles. The highest BCUT2D eigenvalue weighted by Crippen LogP contribution is 2.23. The van der Waals surface area contributed by atoms with Gasteiger partial charge in [0.1, 0.15) is 5.82 Å². The van der Waals surface area contributed by atoms with Crippen molar-refractivity contribution in [3.8, 4) is 0 Å². The first-order chi connectivity index (χ1) is 11.9. The molecule has 0 spiro atoms. The summed E-state index contributed by atoms with van der Waals surface area (Å²) in [7, 11) is 3.31. The zero-order valence-electron chi connectivity index (χ0n) is 14.1. The lowest BCUT2D eigenvalue weighted by atomic mass is 10.2. The maximum atomic E-state index is 12.6. The molecular formula is C18H17ClN4O2. The van der Waals surface area contributed by atoms with Gasteiger partial charge in [-0.05, 0) is 37.3 Å². The van der Waals surface area contributed by atoms with Gasteiger partial charge in [0.15, 0.2) is 5.69 Å². The summed E-state index contributed by atoms with van der Waals surface area (Å²) in [6.07, 6.45) is 1.85. The number of aryl methyl sites for hydroxylation is 1. The van der Waals surface area contributed by atoms with E-state index in [4.69, 9.17) is 11.6 Å². The lowest BCUT2D eigenvalue weighted by molar-refractivity contribution is 0.0827. The zero-order valence-corrected chi connectivity index (χ0v) is 14.8. The summed E-state index contributed by atoms with van der Waals surface area (Å²) < 4.78 is 1.85. The van der Waals surface area contributed by atoms with E-state index in [2.05, 4.69) is 10.3 Å². The number of hydrogen-bond donors (Lipinski definition) is 1. The Balaban J connectivity index is 1.88. The Hall–Kier alpha value is -2.86. The highest BCUT2D eigenvalue weighted by molar-refractivity contribution is 6.34. The Morgan fingerprint density at radius 2 is 1.96 bits per heavy atom. The summed E-state index contributed by atoms with van der Waals surface area (Å²) >= 11 is 6.18. The molecule has 0 fully saturated rings. The molecule has 6 nitrogen and oxygen atoms in total. The fourth-order valence-electron chi connectivity index (χ4n) is 2.56. The number of pyridine rings is 1. The van der Waals surface area contributed by atoms with Gasteiger partial charge in [-0.1, -0.05) is 17.7 Å². The minimum atomic E-state index is -0.334. The lowest BCUT2D eigenvalue weighted by Gasteiger charge is -2.12. The molecule has 0 aliphatic carbocycles. The summed E-state index contributed by atoms with van der Waals surface area (Å²) in [5, 5.41) is 3.06. The number of hydrogen-bond acceptors (Lipinski definition) is 3. The Kier molecular flexibility index (Phi) is 4.46. The average Bonchev–Trinajstić information content (AvgIpc) is 2.92. The second-order valence-corrected chi connectivity index (χ2v) is 6.22. The first-order valence-corrected chi connectivity index (χ1v) is 8.02. The van der Waals surface area contributed by atoms with Crippen LogP contribution in [0.1, 0.15) is 26.7 Å². The molecule has 2 amide bonds. The van der Waals surface area contributed by atoms with Crippen molar-refractivity contribution in [2.45, 2.75) is 6.92 Å². The van der Waals surface area contributed by atoms with E-state index < -0.39 is 0 Å². The molecule has 0 aliphatic heterocycles. The van der Waals surface area contributed by atoms with Gasteiger partial charge in [0.05, 0.1) is 16.1 Å². The van der Waals surface area contributed by atoms with E-state index in [-0.39, 0.29) is 16.8 Å². The molecule has 2 aromatic heterocycles. The SMILES string of the molecule is Cc1nc(C(=O)Nc2ccc(C(=O)N(C)C)c(Cl)c2)c2ccccn12. The number of carbonyl (C=O) groups excluding carboxylic acids is 2. The minimum absolute atomic E-state index is 0.196. The van der Waals surface area contributed by atoms with Crippen molar-refractivity contribution in [2.24, 2.45) is 0 Å². The van der Waals surface area contributed by atoms with E-state index in [0.29, 0.717) is 16.9 Å². The van der Waals surface area contributed by atoms with Crippen LogP contribution in [0.3, 0.4) is 0 Å². The number of anilines is 1. The molecule has 0 aliphatic rings. The van der Waals surface area contributed by atoms with Crippen LogP contribution in [0.25, 0.3) is 5.52 Å². The Labute approximate surface area is 150 Å². The van der Waals surface area contributed by atoms with Crippen LogP contribution in [0.2, 0.25) is 5.02 Å². The van der Waals surface area contributed by atoms with E-state index in [1.54, 1.807) is 32.3 Å². The van der Waals surface area contributed by atoms with Crippen molar-refractivity contribution in [3.05, 3.63) is 64.7 Å². The molecule has 0 saturated heterocycles. The molecule has 1 aromatic carbocycles. The van der Waals surface area contributed by atoms with Gasteiger partial charge >= 0.3 is 0 Å². The summed E-state index contributed by atoms with van der Waals surface area (Å²) in [4.78, 5) is 30.4. The summed E-state index contributed by atoms with van der Waals surface area (Å²) in [5.41, 5.74) is 1.94. The standard InChI is InChI=1S/C18H17ClN4O2/c1-11-20-16(15-6-4-5-9-23(11)15)17(24)21-12-7-8-13(14(19)10-12)18(25)22(2)3/h4-10H,1-3H3,(H,21,24). The second-order valence-electron chi connectivity index (χ2n) is 5.81. The number of benzene rings is 1. The van der Waals surface area contributed by atoms with Gasteiger partial charge in [0, 0.05) is 26.0 Å². The maximum Gasteiger partial charge on any atom is 0.276 e. The molecule has 3 aromatic rings. The van der Waals surface area contributed by atoms with Crippen LogP contribution in [0, 0.1) is 6.92 Å². The van der Waals surface area contributed by atoms with Crippen LogP contribution in [0.4, 0.5) is 5.69 Å². The molecular weight excluding hydrogens is 340 g/mol. The Morgan fingerprint density at radius 3 is 2.64 bits per heavy atom. The number of imidazole rings is 1. The first-order valence-electron chi connectivity index (χ1n) is 7.64. The predicted octanol–water partition coefficient (Wildman–Crippen LogP) is 3.25. The third-order valence-electron chi connectivity index (χ3n) is 3.80. The van der Waals surface area contributed by atoms with Gasteiger partial charge in [-0.3, -0.25) is 9.59 Å². The quantitative estimate of drug-likeness (QED) is 0.783. The molecule has 25 heavy (non-hydrogen) atoms. The number of aromatic nitrogens is 2. The van der Waals surface area contributed by atoms with E-state index in [1.807, 2.05) is 35.7 Å². The van der Waals surface area contributed by atoms with Crippen LogP contribution in [-0.2, 0) is 0 Å². The maximum absolute atomic E-state index is 12.6. The Bertz CT molecular complexity index is 978. The summed E-state index contributed by atoms with van der Waals surface area (Å²) in [6, 6.07) is 10.4. The number of halogens is 1. The van der Waals surface area contributed by atoms with E-state index in [0.717, 1.165) is 11.3 Å². The molecule has 7 heteroatoms. The van der Waals surface area contributed by atoms with Gasteiger partial charge in [-0.25, -0.2) is 4.98 Å². The molecule has 0 saturated carbocycles. The van der Waals surface area contributed by atoms with Crippen LogP contribution in [0.5, 0.6) is 0 Å². The fourth-order valence-corrected chi connectivity index (χ4v) is 2.82. The molecule has 0 unspecified atom stereocenters. The number of carbonyl (C=O) groups is 2. The highest BCUT2D eigenvalue weighted by atomic mass is 35.5. The van der Waals surface area contributed by atoms with Crippen LogP contribution in [-0.4, -0.2) is 40.2 Å². The van der Waals surface area contributed by atoms with Gasteiger partial charge in [-0.2, -0.15) is 0 Å². The number of rotatable bonds is 3. The molecule has 128 valence electrons. The molecule has 0 atom stereocenters. The smallest absolute Gasteiger partial charge is 0.276 e. The molecule has 1 N–H and O–H groups in total. The normalized spacial score (nSPS) is 10.7. The Morgan fingerprint density at radius 1 is 1.20 bits per heavy atom. The highest BCUT2D eigenvalue weighted by Gasteiger charge is 2.17. The summed E-state index contributed by atoms with van der Waals surface area (Å²) in [5.74, 6) is 0.198. The number of nitrogens with one attached hydrogen (secondary N) is 1. The number of nitrogens with zero attached hydrogens (tertiary/aromatic N) is 3. The largest absolute Gasteiger partial charge is 0.345 e. The van der Waals surface area contributed by atoms with Crippen molar-refractivity contribution in [2.75, 3.05) is 19.4 Å². The molecule has 3 rings (SSSR count). The fraction of sp³-hybridized carbons (Fsp3) is 0.167. The van der Waals surface area contributed by atoms with E-state index in [1.165, 1.54) is 4.90 Å². The summed E-state index contributed by atoms with van der Waals surface area (Å²) in [6.45, 7) is 1.84. The van der Waals surface area contributed by atoms with Crippen LogP contribution < -0.4 is 5.32 Å². The van der Waals surface area contributed by atoms with Gasteiger partial charge in [0.25, 0.3) is 11.8 Å². The van der Waals surface area contributed by atoms with Gasteiger partial charge in [0.2, 0.25) is 0 Å². The van der Waals surface area contributed by atoms with Gasteiger partial charge < -0.3 is 14.6 Å². The van der Waals surface area contributed by atoms with E-state index >= 15 is 0 Å². The van der Waals surface area contributed by atoms with Gasteiger partial charge in [-0.15, -0.1) is 0 Å². The topological polar surface area (TPSA) is 66.7 Å². The molecule has 0 radical (unpaired) electrons. The van der Waals surface area contributed by atoms with Crippen molar-refractivity contribution in [1.29, 1.82) is 0 Å². The van der Waals surface area contributed by atoms with Crippen LogP contribution >= 0.6 is 11.6 Å². The van der Waals surface area contributed by atoms with Crippen molar-refractivity contribution >= 4 is 34.6 Å². The third kappa shape index (κ3) is 3.21. The van der Waals surface area contributed by atoms with Crippen molar-refractivity contribution < 1.29 is 9.59 Å². The monoisotopic (exact) mass is 356 g/mol. The lowest BCUT2D eigenvalue weighted by Crippen LogP contribution is -2.22. The zero-order chi connectivity index (χ0) is 18.1. The van der Waals surface area contributed by atoms with Crippen molar-refractivity contribution in [3.63, 3.8) is 0 Å². The number of amides is 2. The van der Waals surface area contributed by atoms with Crippen LogP contribution in [0.15, 0.2) is 42.6 Å². The van der Waals surface area contributed by atoms with E-state index in [9.17, 15) is 9.59 Å². The average molecular weight is 357 g/mol. The van der Waals surface area contributed by atoms with Crippen molar-refractivity contribution in [1.82, 2.24) is 14.3 Å². The second kappa shape index (κ2) is 6.57. The predicted molar refractivity (Wildman–Crippen MR) is 97.4 cm³/mol. The first kappa shape index (κ1) is 17.0. The minimum Gasteiger partial charge on any atom is -0.345 e.